The number of aromatic nitrogens is 1. The standard InChI is InChI=1S/C18H21ClFN3S/c19-14-9-13(1-2-15(14)20)11-23(12-17-22-7-8-24-17)16-10-18(16)3-5-21-6-4-18/h1-2,7-9,16,21H,3-6,10-12H2. The Morgan fingerprint density at radius 1 is 1.33 bits per heavy atom. The van der Waals surface area contributed by atoms with Gasteiger partial charge in [0.05, 0.1) is 11.6 Å². The minimum Gasteiger partial charge on any atom is -0.317 e. The maximum Gasteiger partial charge on any atom is 0.141 e. The van der Waals surface area contributed by atoms with Crippen LogP contribution in [0.3, 0.4) is 0 Å². The smallest absolute Gasteiger partial charge is 0.141 e. The van der Waals surface area contributed by atoms with Gasteiger partial charge in [-0.1, -0.05) is 17.7 Å². The van der Waals surface area contributed by atoms with Gasteiger partial charge >= 0.3 is 0 Å². The first-order chi connectivity index (χ1) is 11.7. The first-order valence-corrected chi connectivity index (χ1v) is 9.69. The second-order valence-electron chi connectivity index (χ2n) is 6.91. The van der Waals surface area contributed by atoms with Gasteiger partial charge in [0.1, 0.15) is 10.8 Å². The van der Waals surface area contributed by atoms with Crippen LogP contribution in [0, 0.1) is 11.2 Å². The predicted octanol–water partition coefficient (Wildman–Crippen LogP) is 4.08. The Labute approximate surface area is 150 Å². The van der Waals surface area contributed by atoms with Crippen LogP contribution in [-0.4, -0.2) is 29.0 Å². The van der Waals surface area contributed by atoms with E-state index in [1.165, 1.54) is 25.3 Å². The minimum absolute atomic E-state index is 0.203. The van der Waals surface area contributed by atoms with Gasteiger partial charge in [0.15, 0.2) is 0 Å². The number of nitrogens with zero attached hydrogens (tertiary/aromatic N) is 2. The molecule has 2 fully saturated rings. The van der Waals surface area contributed by atoms with Crippen molar-refractivity contribution in [3.63, 3.8) is 0 Å². The molecule has 2 heterocycles. The van der Waals surface area contributed by atoms with E-state index in [9.17, 15) is 4.39 Å². The van der Waals surface area contributed by atoms with Crippen LogP contribution in [-0.2, 0) is 13.1 Å². The van der Waals surface area contributed by atoms with Gasteiger partial charge in [-0.15, -0.1) is 11.3 Å². The highest BCUT2D eigenvalue weighted by Gasteiger charge is 2.56. The van der Waals surface area contributed by atoms with Crippen LogP contribution in [0.15, 0.2) is 29.8 Å². The molecule has 0 amide bonds. The summed E-state index contributed by atoms with van der Waals surface area (Å²) in [4.78, 5) is 6.96. The van der Waals surface area contributed by atoms with Crippen molar-refractivity contribution in [3.05, 3.63) is 51.2 Å². The molecule has 2 aromatic rings. The molecule has 1 aliphatic heterocycles. The van der Waals surface area contributed by atoms with Crippen molar-refractivity contribution in [1.82, 2.24) is 15.2 Å². The van der Waals surface area contributed by atoms with Crippen LogP contribution in [0.1, 0.15) is 29.8 Å². The van der Waals surface area contributed by atoms with Crippen molar-refractivity contribution < 1.29 is 4.39 Å². The van der Waals surface area contributed by atoms with E-state index in [1.54, 1.807) is 17.4 Å². The zero-order valence-corrected chi connectivity index (χ0v) is 15.0. The van der Waals surface area contributed by atoms with Crippen LogP contribution in [0.4, 0.5) is 4.39 Å². The number of hydrogen-bond donors (Lipinski definition) is 1. The molecule has 1 unspecified atom stereocenters. The molecule has 1 atom stereocenters. The van der Waals surface area contributed by atoms with Gasteiger partial charge in [-0.3, -0.25) is 4.90 Å². The highest BCUT2D eigenvalue weighted by Crippen LogP contribution is 2.56. The topological polar surface area (TPSA) is 28.2 Å². The summed E-state index contributed by atoms with van der Waals surface area (Å²) in [7, 11) is 0. The zero-order chi connectivity index (χ0) is 16.6. The third kappa shape index (κ3) is 3.36. The second-order valence-corrected chi connectivity index (χ2v) is 8.30. The van der Waals surface area contributed by atoms with E-state index in [2.05, 4.69) is 15.2 Å². The summed E-state index contributed by atoms with van der Waals surface area (Å²) in [6, 6.07) is 5.65. The molecule has 1 saturated heterocycles. The molecule has 6 heteroatoms. The number of benzene rings is 1. The third-order valence-electron chi connectivity index (χ3n) is 5.38. The van der Waals surface area contributed by atoms with E-state index in [1.807, 2.05) is 17.6 Å². The first-order valence-electron chi connectivity index (χ1n) is 8.43. The lowest BCUT2D eigenvalue weighted by Gasteiger charge is -2.29. The maximum atomic E-state index is 13.4. The molecule has 3 nitrogen and oxygen atoms in total. The van der Waals surface area contributed by atoms with Crippen LogP contribution in [0.5, 0.6) is 0 Å². The lowest BCUT2D eigenvalue weighted by molar-refractivity contribution is 0.188. The molecule has 128 valence electrons. The number of piperidine rings is 1. The molecule has 24 heavy (non-hydrogen) atoms. The van der Waals surface area contributed by atoms with Crippen molar-refractivity contribution >= 4 is 22.9 Å². The average Bonchev–Trinajstić information content (AvgIpc) is 3.02. The van der Waals surface area contributed by atoms with E-state index in [0.717, 1.165) is 36.8 Å². The monoisotopic (exact) mass is 365 g/mol. The minimum atomic E-state index is -0.354. The van der Waals surface area contributed by atoms with Gasteiger partial charge in [-0.25, -0.2) is 9.37 Å². The third-order valence-corrected chi connectivity index (χ3v) is 6.43. The van der Waals surface area contributed by atoms with Gasteiger partial charge in [0, 0.05) is 24.2 Å². The van der Waals surface area contributed by atoms with Gasteiger partial charge < -0.3 is 5.32 Å². The number of hydrogen-bond acceptors (Lipinski definition) is 4. The summed E-state index contributed by atoms with van der Waals surface area (Å²) in [6.07, 6.45) is 5.61. The van der Waals surface area contributed by atoms with E-state index in [4.69, 9.17) is 11.6 Å². The molecular weight excluding hydrogens is 345 g/mol. The number of halogens is 2. The fourth-order valence-corrected chi connectivity index (χ4v) is 4.80. The average molecular weight is 366 g/mol. The molecule has 1 spiro atoms. The van der Waals surface area contributed by atoms with Gasteiger partial charge in [-0.2, -0.15) is 0 Å². The Morgan fingerprint density at radius 2 is 2.17 bits per heavy atom. The number of nitrogens with one attached hydrogen (secondary N) is 1. The van der Waals surface area contributed by atoms with Crippen molar-refractivity contribution in [3.8, 4) is 0 Å². The molecule has 1 aromatic carbocycles. The summed E-state index contributed by atoms with van der Waals surface area (Å²) in [5.74, 6) is -0.354. The lowest BCUT2D eigenvalue weighted by Crippen LogP contribution is -2.35. The van der Waals surface area contributed by atoms with Crippen LogP contribution >= 0.6 is 22.9 Å². The number of rotatable bonds is 5. The van der Waals surface area contributed by atoms with E-state index < -0.39 is 0 Å². The van der Waals surface area contributed by atoms with E-state index in [-0.39, 0.29) is 10.8 Å². The molecule has 4 rings (SSSR count). The fourth-order valence-electron chi connectivity index (χ4n) is 3.96. The molecule has 1 saturated carbocycles. The molecule has 0 bridgehead atoms. The molecule has 1 aromatic heterocycles. The Hall–Kier alpha value is -1.01. The van der Waals surface area contributed by atoms with Crippen molar-refractivity contribution in [2.24, 2.45) is 5.41 Å². The van der Waals surface area contributed by atoms with Crippen LogP contribution < -0.4 is 5.32 Å². The fraction of sp³-hybridized carbons (Fsp3) is 0.500. The molecular formula is C18H21ClFN3S. The van der Waals surface area contributed by atoms with E-state index >= 15 is 0 Å². The molecule has 1 aliphatic carbocycles. The van der Waals surface area contributed by atoms with Crippen molar-refractivity contribution in [1.29, 1.82) is 0 Å². The molecule has 1 N–H and O–H groups in total. The van der Waals surface area contributed by atoms with Gasteiger partial charge in [-0.05, 0) is 55.5 Å². The van der Waals surface area contributed by atoms with Crippen LogP contribution in [0.25, 0.3) is 0 Å². The Morgan fingerprint density at radius 3 is 2.88 bits per heavy atom. The summed E-state index contributed by atoms with van der Waals surface area (Å²) in [6.45, 7) is 3.87. The first kappa shape index (κ1) is 16.5. The summed E-state index contributed by atoms with van der Waals surface area (Å²) < 4.78 is 13.4. The van der Waals surface area contributed by atoms with Crippen LogP contribution in [0.2, 0.25) is 5.02 Å². The van der Waals surface area contributed by atoms with Gasteiger partial charge in [0.25, 0.3) is 0 Å². The maximum absolute atomic E-state index is 13.4. The van der Waals surface area contributed by atoms with Crippen molar-refractivity contribution in [2.45, 2.75) is 38.4 Å². The Bertz CT molecular complexity index is 700. The summed E-state index contributed by atoms with van der Waals surface area (Å²) in [5.41, 5.74) is 1.53. The van der Waals surface area contributed by atoms with Gasteiger partial charge in [0.2, 0.25) is 0 Å². The summed E-state index contributed by atoms with van der Waals surface area (Å²) >= 11 is 7.66. The summed E-state index contributed by atoms with van der Waals surface area (Å²) in [5, 5.41) is 6.83. The Balaban J connectivity index is 1.53. The second kappa shape index (κ2) is 6.71. The number of thiazole rings is 1. The SMILES string of the molecule is Fc1ccc(CN(Cc2nccs2)C2CC23CCNCC3)cc1Cl. The lowest BCUT2D eigenvalue weighted by atomic mass is 9.93. The van der Waals surface area contributed by atoms with E-state index in [0.29, 0.717) is 11.5 Å². The highest BCUT2D eigenvalue weighted by atomic mass is 35.5. The Kier molecular flexibility index (Phi) is 4.60. The highest BCUT2D eigenvalue weighted by molar-refractivity contribution is 7.09. The molecule has 0 radical (unpaired) electrons. The zero-order valence-electron chi connectivity index (χ0n) is 13.5. The molecule has 2 aliphatic rings. The largest absolute Gasteiger partial charge is 0.317 e. The quantitative estimate of drug-likeness (QED) is 0.865. The predicted molar refractivity (Wildman–Crippen MR) is 95.7 cm³/mol. The van der Waals surface area contributed by atoms with Crippen molar-refractivity contribution in [2.75, 3.05) is 13.1 Å². The normalized spacial score (nSPS) is 22.2.